The van der Waals surface area contributed by atoms with Gasteiger partial charge in [0.1, 0.15) is 17.2 Å². The lowest BCUT2D eigenvalue weighted by molar-refractivity contribution is 0.179. The lowest BCUT2D eigenvalue weighted by atomic mass is 10.1. The van der Waals surface area contributed by atoms with E-state index in [2.05, 4.69) is 25.0 Å². The van der Waals surface area contributed by atoms with Crippen LogP contribution in [0.5, 0.6) is 0 Å². The van der Waals surface area contributed by atoms with Crippen molar-refractivity contribution in [1.82, 2.24) is 20.3 Å². The molecule has 0 saturated heterocycles. The number of nitrogens with zero attached hydrogens (tertiary/aromatic N) is 4. The van der Waals surface area contributed by atoms with Crippen LogP contribution >= 0.6 is 0 Å². The van der Waals surface area contributed by atoms with Crippen LogP contribution in [0.2, 0.25) is 0 Å². The Bertz CT molecular complexity index is 1180. The number of allylic oxidation sites excluding steroid dienone is 1. The molecule has 0 bridgehead atoms. The summed E-state index contributed by atoms with van der Waals surface area (Å²) in [7, 11) is 1.14. The molecular weight excluding hydrogens is 429 g/mol. The largest absolute Gasteiger partial charge is 0.452 e. The molecule has 12 heteroatoms. The zero-order valence-electron chi connectivity index (χ0n) is 17.6. The highest BCUT2D eigenvalue weighted by molar-refractivity contribution is 6.08. The second-order valence-corrected chi connectivity index (χ2v) is 6.64. The van der Waals surface area contributed by atoms with Crippen LogP contribution in [0, 0.1) is 11.2 Å². The minimum absolute atomic E-state index is 0.117. The van der Waals surface area contributed by atoms with Crippen LogP contribution in [-0.4, -0.2) is 33.9 Å². The number of hydrogen-bond donors (Lipinski definition) is 5. The first-order valence-electron chi connectivity index (χ1n) is 9.56. The fourth-order valence-electron chi connectivity index (χ4n) is 2.83. The number of methoxy groups -OCH3 is 1. The molecule has 0 aliphatic rings. The number of nitrogens with one attached hydrogen (secondary N) is 2. The van der Waals surface area contributed by atoms with Crippen LogP contribution in [0.25, 0.3) is 5.70 Å². The summed E-state index contributed by atoms with van der Waals surface area (Å²) in [5.74, 6) is 4.72. The van der Waals surface area contributed by atoms with E-state index in [9.17, 15) is 9.18 Å². The number of carbonyl (C=O) groups is 1. The molecule has 170 valence electrons. The van der Waals surface area contributed by atoms with E-state index < -0.39 is 6.09 Å². The second-order valence-electron chi connectivity index (χ2n) is 6.64. The Morgan fingerprint density at radius 3 is 2.45 bits per heavy atom. The highest BCUT2D eigenvalue weighted by atomic mass is 19.1. The number of nitrogen functional groups attached to an aromatic ring is 2. The average Bonchev–Trinajstić information content (AvgIpc) is 2.81. The molecule has 3 rings (SSSR count). The zero-order chi connectivity index (χ0) is 24.0. The first-order valence-corrected chi connectivity index (χ1v) is 9.56. The van der Waals surface area contributed by atoms with Gasteiger partial charge in [-0.05, 0) is 24.3 Å². The van der Waals surface area contributed by atoms with Gasteiger partial charge in [0.15, 0.2) is 17.5 Å². The summed E-state index contributed by atoms with van der Waals surface area (Å²) in [4.78, 5) is 24.0. The monoisotopic (exact) mass is 451 g/mol. The summed E-state index contributed by atoms with van der Waals surface area (Å²) < 4.78 is 18.6. The maximum absolute atomic E-state index is 14.0. The minimum Gasteiger partial charge on any atom is -0.452 e. The van der Waals surface area contributed by atoms with E-state index in [1.807, 2.05) is 0 Å². The van der Waals surface area contributed by atoms with E-state index in [1.54, 1.807) is 42.6 Å². The fourth-order valence-corrected chi connectivity index (χ4v) is 2.83. The third-order valence-corrected chi connectivity index (χ3v) is 4.45. The standard InChI is InChI=1S/C21H22FN9O2/c1-33-21(32)31(26)17-18(24)29-20(30-19(17)25)14(23)10-16(15-8-4-5-9-27-15)28-11-12-6-2-3-7-13(12)22/h2-10,23,28H,11,26H2,1H3,(H4,24,25,29,30)/b16-10-,23-14?. The van der Waals surface area contributed by atoms with Crippen molar-refractivity contribution >= 4 is 34.8 Å². The molecule has 0 aliphatic heterocycles. The van der Waals surface area contributed by atoms with Crippen molar-refractivity contribution in [2.75, 3.05) is 23.6 Å². The summed E-state index contributed by atoms with van der Waals surface area (Å²) in [5, 5.41) is 12.1. The molecule has 33 heavy (non-hydrogen) atoms. The molecule has 0 spiro atoms. The molecule has 3 aromatic rings. The first kappa shape index (κ1) is 23.1. The lowest BCUT2D eigenvalue weighted by Gasteiger charge is -2.18. The number of halogens is 1. The Labute approximate surface area is 188 Å². The number of pyridine rings is 1. The Balaban J connectivity index is 1.93. The molecule has 2 aromatic heterocycles. The molecule has 8 N–H and O–H groups in total. The van der Waals surface area contributed by atoms with Gasteiger partial charge < -0.3 is 21.5 Å². The number of rotatable bonds is 7. The zero-order valence-corrected chi connectivity index (χ0v) is 17.6. The molecule has 0 unspecified atom stereocenters. The predicted molar refractivity (Wildman–Crippen MR) is 122 cm³/mol. The van der Waals surface area contributed by atoms with E-state index in [1.165, 1.54) is 12.1 Å². The van der Waals surface area contributed by atoms with E-state index >= 15 is 0 Å². The minimum atomic E-state index is -0.922. The molecule has 1 aromatic carbocycles. The van der Waals surface area contributed by atoms with Crippen molar-refractivity contribution < 1.29 is 13.9 Å². The molecule has 0 fully saturated rings. The second kappa shape index (κ2) is 10.2. The van der Waals surface area contributed by atoms with Crippen molar-refractivity contribution in [3.8, 4) is 0 Å². The number of ether oxygens (including phenoxy) is 1. The summed E-state index contributed by atoms with van der Waals surface area (Å²) in [5.41, 5.74) is 12.9. The Morgan fingerprint density at radius 1 is 1.18 bits per heavy atom. The van der Waals surface area contributed by atoms with E-state index in [0.29, 0.717) is 22.0 Å². The van der Waals surface area contributed by atoms with Crippen LogP contribution in [-0.2, 0) is 11.3 Å². The van der Waals surface area contributed by atoms with Gasteiger partial charge in [0.05, 0.1) is 18.5 Å². The van der Waals surface area contributed by atoms with Gasteiger partial charge in [0.25, 0.3) is 0 Å². The van der Waals surface area contributed by atoms with Crippen LogP contribution < -0.4 is 27.6 Å². The van der Waals surface area contributed by atoms with Gasteiger partial charge in [-0.15, -0.1) is 0 Å². The van der Waals surface area contributed by atoms with Gasteiger partial charge in [-0.25, -0.2) is 30.0 Å². The number of aromatic nitrogens is 3. The van der Waals surface area contributed by atoms with E-state index in [4.69, 9.17) is 22.7 Å². The normalized spacial score (nSPS) is 11.1. The summed E-state index contributed by atoms with van der Waals surface area (Å²) in [6.45, 7) is 0.147. The summed E-state index contributed by atoms with van der Waals surface area (Å²) in [6.07, 6.45) is 2.08. The SMILES string of the molecule is COC(=O)N(N)c1c(N)nc(C(=N)/C=C(\NCc2ccccc2F)c2ccccn2)nc1N. The van der Waals surface area contributed by atoms with Gasteiger partial charge in [-0.1, -0.05) is 24.3 Å². The number of amides is 1. The Kier molecular flexibility index (Phi) is 7.10. The summed E-state index contributed by atoms with van der Waals surface area (Å²) in [6, 6.07) is 11.6. The topological polar surface area (TPSA) is 182 Å². The quantitative estimate of drug-likeness (QED) is 0.155. The number of carbonyl (C=O) groups excluding carboxylic acids is 1. The van der Waals surface area contributed by atoms with Crippen molar-refractivity contribution in [2.24, 2.45) is 5.84 Å². The van der Waals surface area contributed by atoms with Gasteiger partial charge in [0.2, 0.25) is 0 Å². The smallest absolute Gasteiger partial charge is 0.428 e. The molecular formula is C21H22FN9O2. The van der Waals surface area contributed by atoms with Crippen LogP contribution in [0.4, 0.5) is 26.5 Å². The van der Waals surface area contributed by atoms with Crippen LogP contribution in [0.1, 0.15) is 17.1 Å². The molecule has 0 saturated carbocycles. The van der Waals surface area contributed by atoms with Gasteiger partial charge in [-0.3, -0.25) is 10.4 Å². The van der Waals surface area contributed by atoms with E-state index in [-0.39, 0.29) is 41.2 Å². The van der Waals surface area contributed by atoms with Crippen LogP contribution in [0.3, 0.4) is 0 Å². The number of anilines is 3. The maximum atomic E-state index is 14.0. The number of benzene rings is 1. The number of hydrogen-bond acceptors (Lipinski definition) is 10. The Hall–Kier alpha value is -4.58. The maximum Gasteiger partial charge on any atom is 0.428 e. The highest BCUT2D eigenvalue weighted by Gasteiger charge is 2.22. The van der Waals surface area contributed by atoms with E-state index in [0.717, 1.165) is 7.11 Å². The average molecular weight is 451 g/mol. The van der Waals surface area contributed by atoms with Crippen molar-refractivity contribution in [3.05, 3.63) is 77.6 Å². The molecule has 0 atom stereocenters. The van der Waals surface area contributed by atoms with Crippen molar-refractivity contribution in [3.63, 3.8) is 0 Å². The predicted octanol–water partition coefficient (Wildman–Crippen LogP) is 1.82. The number of nitrogens with two attached hydrogens (primary N) is 3. The third kappa shape index (κ3) is 5.37. The Morgan fingerprint density at radius 2 is 1.85 bits per heavy atom. The van der Waals surface area contributed by atoms with Gasteiger partial charge in [0, 0.05) is 18.3 Å². The third-order valence-electron chi connectivity index (χ3n) is 4.45. The molecule has 1 amide bonds. The van der Waals surface area contributed by atoms with Crippen molar-refractivity contribution in [1.29, 1.82) is 5.41 Å². The van der Waals surface area contributed by atoms with Crippen molar-refractivity contribution in [2.45, 2.75) is 6.54 Å². The van der Waals surface area contributed by atoms with Gasteiger partial charge in [-0.2, -0.15) is 0 Å². The molecule has 0 radical (unpaired) electrons. The first-order chi connectivity index (χ1) is 15.8. The van der Waals surface area contributed by atoms with Crippen LogP contribution in [0.15, 0.2) is 54.7 Å². The fraction of sp³-hybridized carbons (Fsp3) is 0.0952. The highest BCUT2D eigenvalue weighted by Crippen LogP contribution is 2.26. The molecule has 11 nitrogen and oxygen atoms in total. The molecule has 2 heterocycles. The molecule has 0 aliphatic carbocycles. The lowest BCUT2D eigenvalue weighted by Crippen LogP contribution is -2.39. The number of hydrazine groups is 1. The van der Waals surface area contributed by atoms with Gasteiger partial charge >= 0.3 is 6.09 Å². The summed E-state index contributed by atoms with van der Waals surface area (Å²) >= 11 is 0.